The van der Waals surface area contributed by atoms with Crippen molar-refractivity contribution in [3.8, 4) is 17.0 Å². The van der Waals surface area contributed by atoms with E-state index in [9.17, 15) is 14.3 Å². The number of aromatic nitrogens is 2. The lowest BCUT2D eigenvalue weighted by Crippen LogP contribution is -2.38. The zero-order chi connectivity index (χ0) is 25.0. The van der Waals surface area contributed by atoms with Crippen molar-refractivity contribution < 1.29 is 19.0 Å². The predicted molar refractivity (Wildman–Crippen MR) is 135 cm³/mol. The molecule has 0 saturated carbocycles. The highest BCUT2D eigenvalue weighted by Gasteiger charge is 2.29. The molecule has 3 aromatic rings. The van der Waals surface area contributed by atoms with Crippen molar-refractivity contribution in [3.63, 3.8) is 0 Å². The molecule has 1 N–H and O–H groups in total. The van der Waals surface area contributed by atoms with E-state index >= 15 is 0 Å². The van der Waals surface area contributed by atoms with Crippen molar-refractivity contribution in [2.24, 2.45) is 5.41 Å². The zero-order valence-corrected chi connectivity index (χ0v) is 20.7. The Hall–Kier alpha value is -3.19. The Labute approximate surface area is 209 Å². The number of benzene rings is 1. The molecule has 35 heavy (non-hydrogen) atoms. The van der Waals surface area contributed by atoms with Gasteiger partial charge in [-0.2, -0.15) is 0 Å². The van der Waals surface area contributed by atoms with Gasteiger partial charge in [0.1, 0.15) is 16.7 Å². The van der Waals surface area contributed by atoms with Gasteiger partial charge >= 0.3 is 5.97 Å². The van der Waals surface area contributed by atoms with E-state index in [4.69, 9.17) is 16.3 Å². The molecule has 0 amide bonds. The number of anilines is 1. The first-order valence-corrected chi connectivity index (χ1v) is 12.1. The topological polar surface area (TPSA) is 75.5 Å². The lowest BCUT2D eigenvalue weighted by molar-refractivity contribution is -0.136. The van der Waals surface area contributed by atoms with Gasteiger partial charge in [-0.25, -0.2) is 9.37 Å². The first kappa shape index (κ1) is 24.9. The molecule has 1 fully saturated rings. The van der Waals surface area contributed by atoms with Gasteiger partial charge in [-0.3, -0.25) is 9.78 Å². The molecular formula is C27H29ClFN3O3. The van der Waals surface area contributed by atoms with E-state index in [0.29, 0.717) is 30.0 Å². The number of hydrogen-bond donors (Lipinski definition) is 1. The average Bonchev–Trinajstić information content (AvgIpc) is 2.82. The van der Waals surface area contributed by atoms with Gasteiger partial charge in [0.05, 0.1) is 30.6 Å². The molecule has 2 aromatic heterocycles. The second-order valence-corrected chi connectivity index (χ2v) is 9.97. The third-order valence-electron chi connectivity index (χ3n) is 6.44. The molecule has 3 heterocycles. The molecule has 8 heteroatoms. The Balaban J connectivity index is 1.56. The van der Waals surface area contributed by atoms with Gasteiger partial charge in [0.2, 0.25) is 0 Å². The van der Waals surface area contributed by atoms with Gasteiger partial charge in [0.15, 0.2) is 0 Å². The van der Waals surface area contributed by atoms with Crippen LogP contribution in [0.1, 0.15) is 37.8 Å². The molecule has 1 aromatic carbocycles. The van der Waals surface area contributed by atoms with Crippen LogP contribution in [0.2, 0.25) is 5.15 Å². The average molecular weight is 498 g/mol. The van der Waals surface area contributed by atoms with E-state index in [1.54, 1.807) is 24.5 Å². The summed E-state index contributed by atoms with van der Waals surface area (Å²) in [5.41, 5.74) is 3.96. The van der Waals surface area contributed by atoms with Crippen molar-refractivity contribution in [1.29, 1.82) is 0 Å². The quantitative estimate of drug-likeness (QED) is 0.396. The fourth-order valence-corrected chi connectivity index (χ4v) is 4.48. The third kappa shape index (κ3) is 6.28. The van der Waals surface area contributed by atoms with Gasteiger partial charge in [-0.1, -0.05) is 37.6 Å². The van der Waals surface area contributed by atoms with Gasteiger partial charge in [-0.05, 0) is 48.1 Å². The molecule has 0 radical (unpaired) electrons. The van der Waals surface area contributed by atoms with Crippen LogP contribution in [0.3, 0.4) is 0 Å². The third-order valence-corrected chi connectivity index (χ3v) is 6.77. The summed E-state index contributed by atoms with van der Waals surface area (Å²) in [4.78, 5) is 22.7. The highest BCUT2D eigenvalue weighted by atomic mass is 35.5. The molecule has 0 spiro atoms. The number of pyridine rings is 2. The number of ether oxygens (including phenoxy) is 1. The minimum absolute atomic E-state index is 0.205. The summed E-state index contributed by atoms with van der Waals surface area (Å²) in [5.74, 6) is -0.600. The number of rotatable bonds is 8. The number of hydrogen-bond acceptors (Lipinski definition) is 5. The number of aliphatic carboxylic acids is 1. The summed E-state index contributed by atoms with van der Waals surface area (Å²) in [5, 5.41) is 9.72. The number of carboxylic acid groups (broad SMARTS) is 1. The van der Waals surface area contributed by atoms with Crippen molar-refractivity contribution in [3.05, 3.63) is 70.9 Å². The molecule has 0 bridgehead atoms. The van der Waals surface area contributed by atoms with Crippen LogP contribution in [-0.2, 0) is 17.6 Å². The fraction of sp³-hybridized carbons (Fsp3) is 0.370. The van der Waals surface area contributed by atoms with E-state index in [0.717, 1.165) is 42.7 Å². The maximum Gasteiger partial charge on any atom is 0.308 e. The van der Waals surface area contributed by atoms with Gasteiger partial charge in [-0.15, -0.1) is 0 Å². The molecule has 0 unspecified atom stereocenters. The van der Waals surface area contributed by atoms with Crippen LogP contribution < -0.4 is 9.64 Å². The Bertz CT molecular complexity index is 1170. The molecular weight excluding hydrogens is 469 g/mol. The van der Waals surface area contributed by atoms with Crippen LogP contribution in [0.4, 0.5) is 10.1 Å². The number of nitrogens with zero attached hydrogens (tertiary/aromatic N) is 3. The van der Waals surface area contributed by atoms with Crippen LogP contribution in [-0.4, -0.2) is 40.7 Å². The number of carbonyl (C=O) groups is 1. The lowest BCUT2D eigenvalue weighted by Gasteiger charge is -2.39. The summed E-state index contributed by atoms with van der Waals surface area (Å²) < 4.78 is 18.9. The summed E-state index contributed by atoms with van der Waals surface area (Å²) in [6.07, 6.45) is 5.74. The molecule has 6 nitrogen and oxygen atoms in total. The molecule has 1 aliphatic heterocycles. The lowest BCUT2D eigenvalue weighted by atomic mass is 9.82. The van der Waals surface area contributed by atoms with Gasteiger partial charge < -0.3 is 14.7 Å². The molecule has 0 atom stereocenters. The van der Waals surface area contributed by atoms with Crippen molar-refractivity contribution in [2.75, 3.05) is 24.6 Å². The second-order valence-electron chi connectivity index (χ2n) is 9.62. The van der Waals surface area contributed by atoms with E-state index in [-0.39, 0.29) is 22.8 Å². The standard InChI is InChI=1S/C27H29ClFN3O3/c1-27(2)10-12-32(13-11-27)25-21(15-24(33)34)26(28)31-17-22(25)23-8-7-20(16-30-23)35-14-9-18-3-5-19(29)6-4-18/h3-8,16-17H,9-15H2,1-2H3,(H,33,34). The fourth-order valence-electron chi connectivity index (χ4n) is 4.28. The Kier molecular flexibility index (Phi) is 7.55. The maximum atomic E-state index is 13.1. The Morgan fingerprint density at radius 3 is 2.46 bits per heavy atom. The van der Waals surface area contributed by atoms with E-state index in [1.165, 1.54) is 12.1 Å². The van der Waals surface area contributed by atoms with Gasteiger partial charge in [0, 0.05) is 36.8 Å². The van der Waals surface area contributed by atoms with Crippen LogP contribution in [0.25, 0.3) is 11.3 Å². The minimum atomic E-state index is -0.956. The van der Waals surface area contributed by atoms with E-state index in [2.05, 4.69) is 28.7 Å². The Morgan fingerprint density at radius 2 is 1.83 bits per heavy atom. The largest absolute Gasteiger partial charge is 0.492 e. The number of piperidine rings is 1. The van der Waals surface area contributed by atoms with Crippen molar-refractivity contribution in [1.82, 2.24) is 9.97 Å². The van der Waals surface area contributed by atoms with Crippen LogP contribution in [0.15, 0.2) is 48.8 Å². The smallest absolute Gasteiger partial charge is 0.308 e. The summed E-state index contributed by atoms with van der Waals surface area (Å²) in [7, 11) is 0. The molecule has 1 saturated heterocycles. The molecule has 1 aliphatic rings. The number of carboxylic acids is 1. The van der Waals surface area contributed by atoms with E-state index in [1.807, 2.05) is 12.1 Å². The SMILES string of the molecule is CC1(C)CCN(c2c(-c3ccc(OCCc4ccc(F)cc4)cn3)cnc(Cl)c2CC(=O)O)CC1. The predicted octanol–water partition coefficient (Wildman–Crippen LogP) is 5.81. The summed E-state index contributed by atoms with van der Waals surface area (Å²) in [6.45, 7) is 6.54. The highest BCUT2D eigenvalue weighted by Crippen LogP contribution is 2.40. The summed E-state index contributed by atoms with van der Waals surface area (Å²) in [6, 6.07) is 10.0. The van der Waals surface area contributed by atoms with Crippen molar-refractivity contribution in [2.45, 2.75) is 39.5 Å². The minimum Gasteiger partial charge on any atom is -0.492 e. The van der Waals surface area contributed by atoms with Crippen LogP contribution in [0, 0.1) is 11.2 Å². The van der Waals surface area contributed by atoms with Gasteiger partial charge in [0.25, 0.3) is 0 Å². The summed E-state index contributed by atoms with van der Waals surface area (Å²) >= 11 is 6.39. The first-order chi connectivity index (χ1) is 16.7. The number of halogens is 2. The maximum absolute atomic E-state index is 13.1. The van der Waals surface area contributed by atoms with Crippen molar-refractivity contribution >= 4 is 23.3 Å². The normalized spacial score (nSPS) is 15.1. The van der Waals surface area contributed by atoms with Crippen LogP contribution in [0.5, 0.6) is 5.75 Å². The second kappa shape index (κ2) is 10.6. The monoisotopic (exact) mass is 497 g/mol. The first-order valence-electron chi connectivity index (χ1n) is 11.7. The van der Waals surface area contributed by atoms with E-state index < -0.39 is 5.97 Å². The highest BCUT2D eigenvalue weighted by molar-refractivity contribution is 6.31. The molecule has 0 aliphatic carbocycles. The molecule has 184 valence electrons. The Morgan fingerprint density at radius 1 is 1.11 bits per heavy atom. The molecule has 4 rings (SSSR count). The van der Waals surface area contributed by atoms with Crippen LogP contribution >= 0.6 is 11.6 Å². The zero-order valence-electron chi connectivity index (χ0n) is 19.9.